The summed E-state index contributed by atoms with van der Waals surface area (Å²) in [5.74, 6) is -1.68. The molecule has 0 aliphatic carbocycles. The van der Waals surface area contributed by atoms with Crippen LogP contribution in [0.4, 0.5) is 14.5 Å². The second kappa shape index (κ2) is 4.65. The third kappa shape index (κ3) is 2.51. The van der Waals surface area contributed by atoms with Gasteiger partial charge in [0, 0.05) is 6.07 Å². The van der Waals surface area contributed by atoms with Crippen molar-refractivity contribution in [1.82, 2.24) is 10.2 Å². The maximum Gasteiger partial charge on any atom is 0.278 e. The van der Waals surface area contributed by atoms with Crippen molar-refractivity contribution in [3.05, 3.63) is 40.5 Å². The lowest BCUT2D eigenvalue weighted by molar-refractivity contribution is 0.589. The molecule has 0 saturated carbocycles. The molecular formula is C9H6BrF2N3O2S. The highest BCUT2D eigenvalue weighted by molar-refractivity contribution is 9.10. The van der Waals surface area contributed by atoms with E-state index in [1.165, 1.54) is 12.3 Å². The Labute approximate surface area is 109 Å². The van der Waals surface area contributed by atoms with Gasteiger partial charge in [0.1, 0.15) is 11.6 Å². The van der Waals surface area contributed by atoms with E-state index in [0.29, 0.717) is 0 Å². The summed E-state index contributed by atoms with van der Waals surface area (Å²) in [6.07, 6.45) is 1.23. The second-order valence-electron chi connectivity index (χ2n) is 3.27. The zero-order chi connectivity index (χ0) is 13.3. The lowest BCUT2D eigenvalue weighted by atomic mass is 10.3. The number of sulfonamides is 1. The SMILES string of the molecule is O=S(=O)(Nc1cc(F)c(Br)cc1F)c1ccn[nH]1. The molecule has 1 aromatic carbocycles. The molecule has 0 bridgehead atoms. The van der Waals surface area contributed by atoms with Crippen LogP contribution in [0.1, 0.15) is 0 Å². The molecule has 0 radical (unpaired) electrons. The minimum Gasteiger partial charge on any atom is -0.275 e. The number of anilines is 1. The largest absolute Gasteiger partial charge is 0.278 e. The van der Waals surface area contributed by atoms with Gasteiger partial charge in [-0.05, 0) is 28.1 Å². The van der Waals surface area contributed by atoms with Crippen molar-refractivity contribution < 1.29 is 17.2 Å². The number of aromatic nitrogens is 2. The number of nitrogens with zero attached hydrogens (tertiary/aromatic N) is 1. The molecule has 2 N–H and O–H groups in total. The Morgan fingerprint density at radius 1 is 1.28 bits per heavy atom. The molecular weight excluding hydrogens is 332 g/mol. The van der Waals surface area contributed by atoms with Gasteiger partial charge in [-0.3, -0.25) is 9.82 Å². The molecule has 5 nitrogen and oxygen atoms in total. The molecule has 0 saturated heterocycles. The minimum atomic E-state index is -4.01. The quantitative estimate of drug-likeness (QED) is 0.843. The van der Waals surface area contributed by atoms with E-state index >= 15 is 0 Å². The Bertz CT molecular complexity index is 673. The first-order valence-electron chi connectivity index (χ1n) is 4.57. The monoisotopic (exact) mass is 337 g/mol. The molecule has 9 heteroatoms. The number of aromatic amines is 1. The standard InChI is InChI=1S/C9H6BrF2N3O2S/c10-5-3-7(12)8(4-6(5)11)15-18(16,17)9-1-2-13-14-9/h1-4,15H,(H,13,14). The molecule has 0 aliphatic heterocycles. The Morgan fingerprint density at radius 3 is 2.61 bits per heavy atom. The average molecular weight is 338 g/mol. The first-order chi connectivity index (χ1) is 8.40. The van der Waals surface area contributed by atoms with Crippen LogP contribution in [0, 0.1) is 11.6 Å². The summed E-state index contributed by atoms with van der Waals surface area (Å²) in [6.45, 7) is 0. The summed E-state index contributed by atoms with van der Waals surface area (Å²) in [6, 6.07) is 2.77. The Balaban J connectivity index is 2.39. The van der Waals surface area contributed by atoms with Crippen molar-refractivity contribution in [3.8, 4) is 0 Å². The molecule has 96 valence electrons. The smallest absolute Gasteiger partial charge is 0.275 e. The van der Waals surface area contributed by atoms with Crippen LogP contribution in [-0.2, 0) is 10.0 Å². The van der Waals surface area contributed by atoms with Gasteiger partial charge in [-0.15, -0.1) is 0 Å². The van der Waals surface area contributed by atoms with E-state index in [1.807, 2.05) is 4.72 Å². The van der Waals surface area contributed by atoms with Crippen LogP contribution in [0.15, 0.2) is 33.9 Å². The number of H-pyrrole nitrogens is 1. The van der Waals surface area contributed by atoms with Gasteiger partial charge in [0.05, 0.1) is 16.4 Å². The highest BCUT2D eigenvalue weighted by atomic mass is 79.9. The fraction of sp³-hybridized carbons (Fsp3) is 0. The topological polar surface area (TPSA) is 74.8 Å². The molecule has 18 heavy (non-hydrogen) atoms. The highest BCUT2D eigenvalue weighted by Crippen LogP contribution is 2.25. The second-order valence-corrected chi connectivity index (χ2v) is 5.78. The Hall–Kier alpha value is -1.48. The van der Waals surface area contributed by atoms with Crippen LogP contribution in [0.2, 0.25) is 0 Å². The van der Waals surface area contributed by atoms with Gasteiger partial charge in [0.2, 0.25) is 0 Å². The zero-order valence-corrected chi connectivity index (χ0v) is 11.0. The third-order valence-electron chi connectivity index (χ3n) is 2.02. The number of hydrogen-bond acceptors (Lipinski definition) is 3. The van der Waals surface area contributed by atoms with Crippen molar-refractivity contribution in [1.29, 1.82) is 0 Å². The number of hydrogen-bond donors (Lipinski definition) is 2. The fourth-order valence-corrected chi connectivity index (χ4v) is 2.48. The molecule has 0 spiro atoms. The maximum atomic E-state index is 13.5. The van der Waals surface area contributed by atoms with Crippen molar-refractivity contribution in [2.45, 2.75) is 5.03 Å². The molecule has 0 amide bonds. The van der Waals surface area contributed by atoms with Gasteiger partial charge < -0.3 is 0 Å². The molecule has 0 aliphatic rings. The maximum absolute atomic E-state index is 13.5. The summed E-state index contributed by atoms with van der Waals surface area (Å²) in [7, 11) is -4.01. The lowest BCUT2D eigenvalue weighted by Gasteiger charge is -2.08. The van der Waals surface area contributed by atoms with Gasteiger partial charge in [0.15, 0.2) is 5.03 Å². The number of halogens is 3. The Kier molecular flexibility index (Phi) is 3.35. The van der Waals surface area contributed by atoms with Crippen LogP contribution in [0.25, 0.3) is 0 Å². The van der Waals surface area contributed by atoms with Gasteiger partial charge >= 0.3 is 0 Å². The number of nitrogens with one attached hydrogen (secondary N) is 2. The summed E-state index contributed by atoms with van der Waals surface area (Å²) >= 11 is 2.79. The number of rotatable bonds is 3. The third-order valence-corrected chi connectivity index (χ3v) is 3.92. The van der Waals surface area contributed by atoms with Crippen LogP contribution in [-0.4, -0.2) is 18.6 Å². The molecule has 1 aromatic heterocycles. The molecule has 2 rings (SSSR count). The predicted molar refractivity (Wildman–Crippen MR) is 63.5 cm³/mol. The predicted octanol–water partition coefficient (Wildman–Crippen LogP) is 2.25. The molecule has 1 heterocycles. The molecule has 2 aromatic rings. The molecule has 0 fully saturated rings. The van der Waals surface area contributed by atoms with Crippen LogP contribution < -0.4 is 4.72 Å². The summed E-state index contributed by atoms with van der Waals surface area (Å²) < 4.78 is 51.9. The van der Waals surface area contributed by atoms with Gasteiger partial charge in [0.25, 0.3) is 10.0 Å². The summed E-state index contributed by atoms with van der Waals surface area (Å²) in [5.41, 5.74) is -0.481. The highest BCUT2D eigenvalue weighted by Gasteiger charge is 2.18. The fourth-order valence-electron chi connectivity index (χ4n) is 1.19. The van der Waals surface area contributed by atoms with Crippen molar-refractivity contribution in [2.24, 2.45) is 0 Å². The van der Waals surface area contributed by atoms with E-state index in [4.69, 9.17) is 0 Å². The van der Waals surface area contributed by atoms with Crippen molar-refractivity contribution >= 4 is 31.6 Å². The van der Waals surface area contributed by atoms with E-state index < -0.39 is 27.3 Å². The molecule has 0 atom stereocenters. The van der Waals surface area contributed by atoms with Crippen LogP contribution in [0.3, 0.4) is 0 Å². The average Bonchev–Trinajstić information content (AvgIpc) is 2.79. The van der Waals surface area contributed by atoms with Gasteiger partial charge in [-0.2, -0.15) is 13.5 Å². The molecule has 0 unspecified atom stereocenters. The summed E-state index contributed by atoms with van der Waals surface area (Å²) in [5, 5.41) is 5.44. The normalized spacial score (nSPS) is 11.5. The van der Waals surface area contributed by atoms with E-state index in [2.05, 4.69) is 26.1 Å². The van der Waals surface area contributed by atoms with E-state index in [-0.39, 0.29) is 9.50 Å². The van der Waals surface area contributed by atoms with Gasteiger partial charge in [-0.25, -0.2) is 8.78 Å². The zero-order valence-electron chi connectivity index (χ0n) is 8.62. The number of benzene rings is 1. The first kappa shape index (κ1) is 13.0. The first-order valence-corrected chi connectivity index (χ1v) is 6.84. The minimum absolute atomic E-state index is 0.0931. The van der Waals surface area contributed by atoms with Crippen LogP contribution >= 0.6 is 15.9 Å². The van der Waals surface area contributed by atoms with E-state index in [1.54, 1.807) is 0 Å². The van der Waals surface area contributed by atoms with Crippen LogP contribution in [0.5, 0.6) is 0 Å². The van der Waals surface area contributed by atoms with E-state index in [0.717, 1.165) is 12.1 Å². The van der Waals surface area contributed by atoms with Crippen molar-refractivity contribution in [3.63, 3.8) is 0 Å². The summed E-state index contributed by atoms with van der Waals surface area (Å²) in [4.78, 5) is 0. The van der Waals surface area contributed by atoms with Crippen molar-refractivity contribution in [2.75, 3.05) is 4.72 Å². The lowest BCUT2D eigenvalue weighted by Crippen LogP contribution is -2.14. The van der Waals surface area contributed by atoms with Gasteiger partial charge in [-0.1, -0.05) is 0 Å². The van der Waals surface area contributed by atoms with E-state index in [9.17, 15) is 17.2 Å². The Morgan fingerprint density at radius 2 is 2.00 bits per heavy atom.